The van der Waals surface area contributed by atoms with Crippen molar-refractivity contribution < 1.29 is 9.59 Å². The SMILES string of the molecule is CNc1cc(CN2C(=O)CSC2=O)ccn1. The van der Waals surface area contributed by atoms with E-state index in [0.717, 1.165) is 23.1 Å². The molecule has 6 heteroatoms. The van der Waals surface area contributed by atoms with E-state index in [9.17, 15) is 9.59 Å². The number of carbonyl (C=O) groups excluding carboxylic acids is 2. The van der Waals surface area contributed by atoms with Crippen LogP contribution in [0.5, 0.6) is 0 Å². The molecule has 0 bridgehead atoms. The quantitative estimate of drug-likeness (QED) is 0.859. The minimum Gasteiger partial charge on any atom is -0.373 e. The maximum Gasteiger partial charge on any atom is 0.289 e. The van der Waals surface area contributed by atoms with Crippen molar-refractivity contribution in [1.29, 1.82) is 0 Å². The highest BCUT2D eigenvalue weighted by Gasteiger charge is 2.29. The van der Waals surface area contributed by atoms with Crippen molar-refractivity contribution in [1.82, 2.24) is 9.88 Å². The number of carbonyl (C=O) groups is 2. The molecule has 2 heterocycles. The summed E-state index contributed by atoms with van der Waals surface area (Å²) in [5, 5.41) is 2.74. The lowest BCUT2D eigenvalue weighted by atomic mass is 10.2. The molecule has 0 radical (unpaired) electrons. The monoisotopic (exact) mass is 237 g/mol. The maximum absolute atomic E-state index is 11.4. The zero-order valence-corrected chi connectivity index (χ0v) is 9.58. The van der Waals surface area contributed by atoms with Gasteiger partial charge in [-0.1, -0.05) is 11.8 Å². The van der Waals surface area contributed by atoms with Gasteiger partial charge in [0.1, 0.15) is 5.82 Å². The summed E-state index contributed by atoms with van der Waals surface area (Å²) in [7, 11) is 1.77. The van der Waals surface area contributed by atoms with Gasteiger partial charge in [-0.2, -0.15) is 0 Å². The molecule has 2 rings (SSSR count). The van der Waals surface area contributed by atoms with Gasteiger partial charge >= 0.3 is 0 Å². The van der Waals surface area contributed by atoms with E-state index >= 15 is 0 Å². The van der Waals surface area contributed by atoms with Crippen molar-refractivity contribution in [3.63, 3.8) is 0 Å². The highest BCUT2D eigenvalue weighted by atomic mass is 32.2. The van der Waals surface area contributed by atoms with Crippen LogP contribution in [0.4, 0.5) is 10.6 Å². The van der Waals surface area contributed by atoms with Gasteiger partial charge in [0.2, 0.25) is 5.91 Å². The maximum atomic E-state index is 11.4. The molecule has 0 unspecified atom stereocenters. The third-order valence-corrected chi connectivity index (χ3v) is 3.12. The molecular formula is C10H11N3O2S. The first kappa shape index (κ1) is 10.9. The van der Waals surface area contributed by atoms with E-state index in [1.807, 2.05) is 6.07 Å². The number of nitrogens with zero attached hydrogens (tertiary/aromatic N) is 2. The molecule has 1 aromatic heterocycles. The van der Waals surface area contributed by atoms with Gasteiger partial charge in [0.15, 0.2) is 0 Å². The van der Waals surface area contributed by atoms with Crippen molar-refractivity contribution in [2.75, 3.05) is 18.1 Å². The molecule has 0 saturated carbocycles. The number of hydrogen-bond acceptors (Lipinski definition) is 5. The van der Waals surface area contributed by atoms with Gasteiger partial charge in [0.25, 0.3) is 5.24 Å². The molecule has 1 N–H and O–H groups in total. The standard InChI is InChI=1S/C10H11N3O2S/c1-11-8-4-7(2-3-12-8)5-13-9(14)6-16-10(13)15/h2-4H,5-6H2,1H3,(H,11,12). The van der Waals surface area contributed by atoms with Crippen LogP contribution in [0.25, 0.3) is 0 Å². The Morgan fingerprint density at radius 1 is 1.56 bits per heavy atom. The third kappa shape index (κ3) is 2.16. The van der Waals surface area contributed by atoms with Crippen LogP contribution in [-0.2, 0) is 11.3 Å². The first-order valence-corrected chi connectivity index (χ1v) is 5.79. The van der Waals surface area contributed by atoms with E-state index in [0.29, 0.717) is 6.54 Å². The summed E-state index contributed by atoms with van der Waals surface area (Å²) in [5.41, 5.74) is 0.892. The zero-order valence-electron chi connectivity index (χ0n) is 8.77. The summed E-state index contributed by atoms with van der Waals surface area (Å²) in [6.45, 7) is 0.321. The summed E-state index contributed by atoms with van der Waals surface area (Å²) in [4.78, 5) is 28.1. The molecule has 1 fully saturated rings. The average molecular weight is 237 g/mol. The van der Waals surface area contributed by atoms with Crippen LogP contribution in [0.1, 0.15) is 5.56 Å². The lowest BCUT2D eigenvalue weighted by Gasteiger charge is -2.12. The molecule has 1 saturated heterocycles. The number of amides is 2. The van der Waals surface area contributed by atoms with Crippen LogP contribution < -0.4 is 5.32 Å². The second kappa shape index (κ2) is 4.52. The molecule has 2 amide bonds. The van der Waals surface area contributed by atoms with Gasteiger partial charge in [-0.3, -0.25) is 14.5 Å². The summed E-state index contributed by atoms with van der Waals surface area (Å²) in [6, 6.07) is 3.62. The predicted molar refractivity (Wildman–Crippen MR) is 62.2 cm³/mol. The second-order valence-electron chi connectivity index (χ2n) is 3.33. The molecule has 0 atom stereocenters. The van der Waals surface area contributed by atoms with E-state index in [-0.39, 0.29) is 16.9 Å². The predicted octanol–water partition coefficient (Wildman–Crippen LogP) is 1.32. The van der Waals surface area contributed by atoms with E-state index in [2.05, 4.69) is 10.3 Å². The molecule has 0 aliphatic carbocycles. The number of imide groups is 1. The first-order valence-electron chi connectivity index (χ1n) is 4.80. The fourth-order valence-corrected chi connectivity index (χ4v) is 2.15. The van der Waals surface area contributed by atoms with Crippen LogP contribution in [-0.4, -0.2) is 33.8 Å². The first-order chi connectivity index (χ1) is 7.70. The van der Waals surface area contributed by atoms with Crippen LogP contribution >= 0.6 is 11.8 Å². The second-order valence-corrected chi connectivity index (χ2v) is 4.26. The van der Waals surface area contributed by atoms with Crippen LogP contribution in [0.2, 0.25) is 0 Å². The Bertz CT molecular complexity index is 420. The molecule has 16 heavy (non-hydrogen) atoms. The molecule has 1 aromatic rings. The molecule has 0 spiro atoms. The molecule has 1 aliphatic heterocycles. The smallest absolute Gasteiger partial charge is 0.289 e. The van der Waals surface area contributed by atoms with Gasteiger partial charge in [0, 0.05) is 13.2 Å². The Morgan fingerprint density at radius 2 is 2.38 bits per heavy atom. The minimum absolute atomic E-state index is 0.127. The number of pyridine rings is 1. The highest BCUT2D eigenvalue weighted by Crippen LogP contribution is 2.21. The number of rotatable bonds is 3. The number of anilines is 1. The van der Waals surface area contributed by atoms with Crippen LogP contribution in [0.3, 0.4) is 0 Å². The Morgan fingerprint density at radius 3 is 3.00 bits per heavy atom. The fraction of sp³-hybridized carbons (Fsp3) is 0.300. The van der Waals surface area contributed by atoms with Gasteiger partial charge in [-0.25, -0.2) is 4.98 Å². The van der Waals surface area contributed by atoms with Gasteiger partial charge in [-0.05, 0) is 17.7 Å². The molecule has 1 aliphatic rings. The summed E-state index contributed by atoms with van der Waals surface area (Å²) < 4.78 is 0. The van der Waals surface area contributed by atoms with E-state index in [4.69, 9.17) is 0 Å². The minimum atomic E-state index is -0.173. The molecule has 84 valence electrons. The van der Waals surface area contributed by atoms with Crippen LogP contribution in [0.15, 0.2) is 18.3 Å². The number of nitrogens with one attached hydrogen (secondary N) is 1. The number of hydrogen-bond donors (Lipinski definition) is 1. The number of aromatic nitrogens is 1. The Balaban J connectivity index is 2.14. The van der Waals surface area contributed by atoms with Gasteiger partial charge in [-0.15, -0.1) is 0 Å². The topological polar surface area (TPSA) is 62.3 Å². The molecular weight excluding hydrogens is 226 g/mol. The van der Waals surface area contributed by atoms with Gasteiger partial charge in [0.05, 0.1) is 12.3 Å². The largest absolute Gasteiger partial charge is 0.373 e. The third-order valence-electron chi connectivity index (χ3n) is 2.26. The summed E-state index contributed by atoms with van der Waals surface area (Å²) in [6.07, 6.45) is 1.65. The lowest BCUT2D eigenvalue weighted by Crippen LogP contribution is -2.27. The van der Waals surface area contributed by atoms with Crippen molar-refractivity contribution in [2.45, 2.75) is 6.54 Å². The molecule has 0 aromatic carbocycles. The average Bonchev–Trinajstić information content (AvgIpc) is 2.61. The Hall–Kier alpha value is -1.56. The van der Waals surface area contributed by atoms with Crippen molar-refractivity contribution >= 4 is 28.7 Å². The van der Waals surface area contributed by atoms with Crippen LogP contribution in [0, 0.1) is 0 Å². The summed E-state index contributed by atoms with van der Waals surface area (Å²) in [5.74, 6) is 0.852. The van der Waals surface area contributed by atoms with E-state index in [1.54, 1.807) is 19.3 Å². The zero-order chi connectivity index (χ0) is 11.5. The normalized spacial score (nSPS) is 15.7. The van der Waals surface area contributed by atoms with Crippen molar-refractivity contribution in [3.8, 4) is 0 Å². The Labute approximate surface area is 97.2 Å². The number of thioether (sulfide) groups is 1. The highest BCUT2D eigenvalue weighted by molar-refractivity contribution is 8.14. The summed E-state index contributed by atoms with van der Waals surface area (Å²) >= 11 is 1.05. The van der Waals surface area contributed by atoms with Gasteiger partial charge < -0.3 is 5.32 Å². The van der Waals surface area contributed by atoms with E-state index in [1.165, 1.54) is 4.90 Å². The van der Waals surface area contributed by atoms with E-state index < -0.39 is 0 Å². The van der Waals surface area contributed by atoms with Crippen molar-refractivity contribution in [3.05, 3.63) is 23.9 Å². The Kier molecular flexibility index (Phi) is 3.09. The van der Waals surface area contributed by atoms with Crippen molar-refractivity contribution in [2.24, 2.45) is 0 Å². The molecule has 5 nitrogen and oxygen atoms in total. The lowest BCUT2D eigenvalue weighted by molar-refractivity contribution is -0.125. The fourth-order valence-electron chi connectivity index (χ4n) is 1.43.